The molecular formula is C22H28N4O2. The van der Waals surface area contributed by atoms with E-state index < -0.39 is 0 Å². The first-order valence-electron chi connectivity index (χ1n) is 9.92. The molecule has 0 bridgehead atoms. The lowest BCUT2D eigenvalue weighted by Crippen LogP contribution is -2.48. The van der Waals surface area contributed by atoms with Crippen molar-refractivity contribution in [3.8, 4) is 0 Å². The lowest BCUT2D eigenvalue weighted by molar-refractivity contribution is -0.129. The van der Waals surface area contributed by atoms with Crippen LogP contribution in [0.5, 0.6) is 0 Å². The molecule has 28 heavy (non-hydrogen) atoms. The molecule has 0 atom stereocenters. The van der Waals surface area contributed by atoms with Crippen molar-refractivity contribution >= 4 is 23.3 Å². The number of aromatic nitrogens is 1. The fourth-order valence-corrected chi connectivity index (χ4v) is 3.57. The first kappa shape index (κ1) is 19.9. The fourth-order valence-electron chi connectivity index (χ4n) is 3.57. The minimum atomic E-state index is -0.123. The molecule has 0 spiro atoms. The number of aryl methyl sites for hydroxylation is 2. The Balaban J connectivity index is 1.76. The van der Waals surface area contributed by atoms with Crippen molar-refractivity contribution in [3.05, 3.63) is 53.2 Å². The number of rotatable bonds is 5. The van der Waals surface area contributed by atoms with Gasteiger partial charge in [0.2, 0.25) is 5.91 Å². The Labute approximate surface area is 166 Å². The van der Waals surface area contributed by atoms with Crippen molar-refractivity contribution in [2.75, 3.05) is 36.4 Å². The van der Waals surface area contributed by atoms with Gasteiger partial charge in [-0.25, -0.2) is 4.98 Å². The van der Waals surface area contributed by atoms with Crippen molar-refractivity contribution in [1.29, 1.82) is 0 Å². The molecule has 2 amide bonds. The maximum atomic E-state index is 12.9. The van der Waals surface area contributed by atoms with Crippen molar-refractivity contribution in [1.82, 2.24) is 9.88 Å². The number of pyridine rings is 1. The number of hydrogen-bond acceptors (Lipinski definition) is 4. The zero-order valence-corrected chi connectivity index (χ0v) is 16.9. The summed E-state index contributed by atoms with van der Waals surface area (Å²) in [5, 5.41) is 3.11. The van der Waals surface area contributed by atoms with Crippen LogP contribution >= 0.6 is 0 Å². The first-order valence-corrected chi connectivity index (χ1v) is 9.92. The second kappa shape index (κ2) is 8.87. The van der Waals surface area contributed by atoms with E-state index >= 15 is 0 Å². The molecule has 1 fully saturated rings. The third kappa shape index (κ3) is 4.32. The number of carbonyl (C=O) groups is 2. The van der Waals surface area contributed by atoms with E-state index in [4.69, 9.17) is 0 Å². The number of hydrogen-bond donors (Lipinski definition) is 1. The van der Waals surface area contributed by atoms with Crippen LogP contribution in [0.1, 0.15) is 42.3 Å². The Morgan fingerprint density at radius 3 is 2.25 bits per heavy atom. The number of anilines is 2. The van der Waals surface area contributed by atoms with E-state index in [1.807, 2.05) is 17.0 Å². The Bertz CT molecular complexity index is 835. The molecule has 1 aliphatic heterocycles. The maximum absolute atomic E-state index is 12.9. The van der Waals surface area contributed by atoms with E-state index in [1.165, 1.54) is 0 Å². The lowest BCUT2D eigenvalue weighted by atomic mass is 10.0. The predicted octanol–water partition coefficient (Wildman–Crippen LogP) is 3.13. The number of carbonyl (C=O) groups excluding carboxylic acids is 2. The number of para-hydroxylation sites is 1. The summed E-state index contributed by atoms with van der Waals surface area (Å²) in [4.78, 5) is 32.8. The first-order chi connectivity index (χ1) is 13.5. The SMILES string of the molecule is CCc1cccc(CC)c1NC(=O)c1ccnc(N2CCN(C(C)=O)CC2)c1. The van der Waals surface area contributed by atoms with Gasteiger partial charge < -0.3 is 15.1 Å². The summed E-state index contributed by atoms with van der Waals surface area (Å²) in [6, 6.07) is 9.73. The third-order valence-electron chi connectivity index (χ3n) is 5.29. The molecule has 6 nitrogen and oxygen atoms in total. The average molecular weight is 380 g/mol. The zero-order valence-electron chi connectivity index (χ0n) is 16.9. The van der Waals surface area contributed by atoms with Gasteiger partial charge >= 0.3 is 0 Å². The Kier molecular flexibility index (Phi) is 6.29. The lowest BCUT2D eigenvalue weighted by Gasteiger charge is -2.35. The summed E-state index contributed by atoms with van der Waals surface area (Å²) in [6.07, 6.45) is 3.41. The number of amides is 2. The minimum absolute atomic E-state index is 0.0991. The number of nitrogens with one attached hydrogen (secondary N) is 1. The third-order valence-corrected chi connectivity index (χ3v) is 5.29. The summed E-state index contributed by atoms with van der Waals surface area (Å²) < 4.78 is 0. The molecule has 2 heterocycles. The number of piperazine rings is 1. The quantitative estimate of drug-likeness (QED) is 0.866. The second-order valence-corrected chi connectivity index (χ2v) is 7.01. The Morgan fingerprint density at radius 1 is 1.04 bits per heavy atom. The topological polar surface area (TPSA) is 65.5 Å². The molecule has 1 aromatic carbocycles. The van der Waals surface area contributed by atoms with Gasteiger partial charge in [0.15, 0.2) is 0 Å². The molecule has 2 aromatic rings. The maximum Gasteiger partial charge on any atom is 0.255 e. The van der Waals surface area contributed by atoms with E-state index in [2.05, 4.69) is 41.2 Å². The summed E-state index contributed by atoms with van der Waals surface area (Å²) >= 11 is 0. The molecule has 148 valence electrons. The molecule has 0 aliphatic carbocycles. The van der Waals surface area contributed by atoms with Crippen LogP contribution < -0.4 is 10.2 Å². The van der Waals surface area contributed by atoms with Gasteiger partial charge in [0.25, 0.3) is 5.91 Å². The van der Waals surface area contributed by atoms with Gasteiger partial charge in [-0.1, -0.05) is 32.0 Å². The smallest absolute Gasteiger partial charge is 0.255 e. The van der Waals surface area contributed by atoms with Crippen LogP contribution in [0.15, 0.2) is 36.5 Å². The molecule has 1 aromatic heterocycles. The molecule has 1 aliphatic rings. The second-order valence-electron chi connectivity index (χ2n) is 7.01. The van der Waals surface area contributed by atoms with E-state index in [9.17, 15) is 9.59 Å². The molecule has 0 radical (unpaired) electrons. The van der Waals surface area contributed by atoms with Gasteiger partial charge in [-0.3, -0.25) is 9.59 Å². The Hall–Kier alpha value is -2.89. The molecule has 1 saturated heterocycles. The molecule has 1 N–H and O–H groups in total. The van der Waals surface area contributed by atoms with E-state index in [0.717, 1.165) is 48.6 Å². The summed E-state index contributed by atoms with van der Waals surface area (Å²) in [7, 11) is 0. The highest BCUT2D eigenvalue weighted by Crippen LogP contribution is 2.24. The summed E-state index contributed by atoms with van der Waals surface area (Å²) in [5.74, 6) is 0.749. The van der Waals surface area contributed by atoms with E-state index in [1.54, 1.807) is 19.2 Å². The van der Waals surface area contributed by atoms with Crippen LogP contribution in [0.3, 0.4) is 0 Å². The van der Waals surface area contributed by atoms with Gasteiger partial charge in [0.05, 0.1) is 0 Å². The minimum Gasteiger partial charge on any atom is -0.353 e. The molecular weight excluding hydrogens is 352 g/mol. The monoisotopic (exact) mass is 380 g/mol. The summed E-state index contributed by atoms with van der Waals surface area (Å²) in [6.45, 7) is 8.57. The Morgan fingerprint density at radius 2 is 1.68 bits per heavy atom. The largest absolute Gasteiger partial charge is 0.353 e. The average Bonchev–Trinajstić information content (AvgIpc) is 2.74. The summed E-state index contributed by atoms with van der Waals surface area (Å²) in [5.41, 5.74) is 3.79. The van der Waals surface area contributed by atoms with Crippen LogP contribution in [-0.4, -0.2) is 47.9 Å². The van der Waals surface area contributed by atoms with E-state index in [0.29, 0.717) is 18.7 Å². The highest BCUT2D eigenvalue weighted by atomic mass is 16.2. The van der Waals surface area contributed by atoms with Crippen molar-refractivity contribution in [3.63, 3.8) is 0 Å². The van der Waals surface area contributed by atoms with Crippen LogP contribution in [0.2, 0.25) is 0 Å². The molecule has 6 heteroatoms. The highest BCUT2D eigenvalue weighted by molar-refractivity contribution is 6.05. The van der Waals surface area contributed by atoms with Gasteiger partial charge in [-0.2, -0.15) is 0 Å². The van der Waals surface area contributed by atoms with Crippen molar-refractivity contribution in [2.45, 2.75) is 33.6 Å². The van der Waals surface area contributed by atoms with Crippen LogP contribution in [-0.2, 0) is 17.6 Å². The van der Waals surface area contributed by atoms with E-state index in [-0.39, 0.29) is 11.8 Å². The molecule has 0 saturated carbocycles. The van der Waals surface area contributed by atoms with Gasteiger partial charge in [0, 0.05) is 50.6 Å². The van der Waals surface area contributed by atoms with Crippen LogP contribution in [0.25, 0.3) is 0 Å². The normalized spacial score (nSPS) is 14.1. The number of nitrogens with zero attached hydrogens (tertiary/aromatic N) is 3. The van der Waals surface area contributed by atoms with Gasteiger partial charge in [-0.15, -0.1) is 0 Å². The molecule has 3 rings (SSSR count). The number of benzene rings is 1. The van der Waals surface area contributed by atoms with Gasteiger partial charge in [-0.05, 0) is 36.1 Å². The fraction of sp³-hybridized carbons (Fsp3) is 0.409. The zero-order chi connectivity index (χ0) is 20.1. The van der Waals surface area contributed by atoms with Crippen molar-refractivity contribution < 1.29 is 9.59 Å². The standard InChI is InChI=1S/C22H28N4O2/c1-4-17-7-6-8-18(5-2)21(17)24-22(28)19-9-10-23-20(15-19)26-13-11-25(12-14-26)16(3)27/h6-10,15H,4-5,11-14H2,1-3H3,(H,24,28). The highest BCUT2D eigenvalue weighted by Gasteiger charge is 2.20. The van der Waals surface area contributed by atoms with Crippen LogP contribution in [0, 0.1) is 0 Å². The molecule has 0 unspecified atom stereocenters. The van der Waals surface area contributed by atoms with Crippen molar-refractivity contribution in [2.24, 2.45) is 0 Å². The van der Waals surface area contributed by atoms with Gasteiger partial charge in [0.1, 0.15) is 5.82 Å². The van der Waals surface area contributed by atoms with Crippen LogP contribution in [0.4, 0.5) is 11.5 Å². The predicted molar refractivity (Wildman–Crippen MR) is 112 cm³/mol.